The average molecular weight is 258 g/mol. The number of nitrogens with one attached hydrogen (secondary N) is 2. The summed E-state index contributed by atoms with van der Waals surface area (Å²) in [6, 6.07) is 8.37. The van der Waals surface area contributed by atoms with E-state index in [9.17, 15) is 0 Å². The second kappa shape index (κ2) is 6.04. The number of nitrogens with zero attached hydrogens (tertiary/aromatic N) is 2. The smallest absolute Gasteiger partial charge is 0.204 e. The molecular weight excluding hydrogens is 240 g/mol. The van der Waals surface area contributed by atoms with Crippen molar-refractivity contribution in [1.82, 2.24) is 9.97 Å². The zero-order valence-electron chi connectivity index (χ0n) is 11.4. The van der Waals surface area contributed by atoms with Crippen molar-refractivity contribution in [3.8, 4) is 5.75 Å². The average Bonchev–Trinajstić information content (AvgIpc) is 2.46. The van der Waals surface area contributed by atoms with Crippen LogP contribution in [0.3, 0.4) is 0 Å². The molecule has 0 aliphatic heterocycles. The van der Waals surface area contributed by atoms with E-state index >= 15 is 0 Å². The van der Waals surface area contributed by atoms with Crippen LogP contribution < -0.4 is 15.4 Å². The molecule has 0 fully saturated rings. The maximum Gasteiger partial charge on any atom is 0.204 e. The van der Waals surface area contributed by atoms with Gasteiger partial charge in [0.2, 0.25) is 5.75 Å². The molecule has 0 atom stereocenters. The highest BCUT2D eigenvalue weighted by Gasteiger charge is 2.10. The molecule has 0 saturated carbocycles. The summed E-state index contributed by atoms with van der Waals surface area (Å²) in [5.74, 6) is 1.98. The molecule has 1 aromatic carbocycles. The first-order valence-electron chi connectivity index (χ1n) is 6.10. The molecule has 5 nitrogen and oxygen atoms in total. The number of hydrogen-bond donors (Lipinski definition) is 2. The fourth-order valence-corrected chi connectivity index (χ4v) is 1.76. The third-order valence-corrected chi connectivity index (χ3v) is 2.83. The summed E-state index contributed by atoms with van der Waals surface area (Å²) >= 11 is 0. The molecule has 0 bridgehead atoms. The predicted octanol–water partition coefficient (Wildman–Crippen LogP) is 2.45. The molecule has 0 saturated heterocycles. The first-order chi connectivity index (χ1) is 9.24. The molecule has 19 heavy (non-hydrogen) atoms. The van der Waals surface area contributed by atoms with Crippen LogP contribution in [0.2, 0.25) is 0 Å². The van der Waals surface area contributed by atoms with Crippen LogP contribution in [-0.4, -0.2) is 24.1 Å². The van der Waals surface area contributed by atoms with Crippen LogP contribution in [0.25, 0.3) is 0 Å². The molecule has 0 radical (unpaired) electrons. The number of aryl methyl sites for hydroxylation is 1. The quantitative estimate of drug-likeness (QED) is 0.862. The monoisotopic (exact) mass is 258 g/mol. The van der Waals surface area contributed by atoms with Gasteiger partial charge in [0, 0.05) is 13.6 Å². The molecule has 2 aromatic rings. The van der Waals surface area contributed by atoms with Gasteiger partial charge in [0.15, 0.2) is 11.6 Å². The Morgan fingerprint density at radius 2 is 1.79 bits per heavy atom. The van der Waals surface area contributed by atoms with Crippen molar-refractivity contribution in [1.29, 1.82) is 0 Å². The summed E-state index contributed by atoms with van der Waals surface area (Å²) in [5, 5.41) is 6.23. The van der Waals surface area contributed by atoms with Gasteiger partial charge in [0.25, 0.3) is 0 Å². The lowest BCUT2D eigenvalue weighted by Gasteiger charge is -2.12. The second-order valence-electron chi connectivity index (χ2n) is 4.19. The lowest BCUT2D eigenvalue weighted by atomic mass is 10.1. The molecule has 5 heteroatoms. The Morgan fingerprint density at radius 1 is 1.11 bits per heavy atom. The fraction of sp³-hybridized carbons (Fsp3) is 0.286. The van der Waals surface area contributed by atoms with E-state index in [1.54, 1.807) is 14.2 Å². The molecule has 0 spiro atoms. The van der Waals surface area contributed by atoms with E-state index in [1.807, 2.05) is 0 Å². The normalized spacial score (nSPS) is 10.1. The highest BCUT2D eigenvalue weighted by Crippen LogP contribution is 2.28. The minimum atomic E-state index is 0.622. The predicted molar refractivity (Wildman–Crippen MR) is 76.6 cm³/mol. The minimum Gasteiger partial charge on any atom is -0.490 e. The molecule has 1 heterocycles. The van der Waals surface area contributed by atoms with Crippen LogP contribution in [-0.2, 0) is 6.54 Å². The Morgan fingerprint density at radius 3 is 2.42 bits per heavy atom. The van der Waals surface area contributed by atoms with Crippen LogP contribution in [0.5, 0.6) is 5.75 Å². The van der Waals surface area contributed by atoms with Crippen molar-refractivity contribution >= 4 is 11.6 Å². The van der Waals surface area contributed by atoms with Gasteiger partial charge >= 0.3 is 0 Å². The first kappa shape index (κ1) is 13.1. The molecule has 0 aliphatic carbocycles. The van der Waals surface area contributed by atoms with Crippen LogP contribution in [0, 0.1) is 6.92 Å². The fourth-order valence-electron chi connectivity index (χ4n) is 1.76. The van der Waals surface area contributed by atoms with Crippen molar-refractivity contribution in [2.24, 2.45) is 0 Å². The zero-order chi connectivity index (χ0) is 13.7. The van der Waals surface area contributed by atoms with Crippen molar-refractivity contribution in [3.63, 3.8) is 0 Å². The summed E-state index contributed by atoms with van der Waals surface area (Å²) < 4.78 is 5.32. The number of ether oxygens (including phenoxy) is 1. The van der Waals surface area contributed by atoms with Gasteiger partial charge in [-0.05, 0) is 12.5 Å². The van der Waals surface area contributed by atoms with Crippen LogP contribution in [0.4, 0.5) is 11.6 Å². The maximum absolute atomic E-state index is 5.32. The van der Waals surface area contributed by atoms with Gasteiger partial charge in [-0.15, -0.1) is 0 Å². The summed E-state index contributed by atoms with van der Waals surface area (Å²) in [6.45, 7) is 2.76. The van der Waals surface area contributed by atoms with Gasteiger partial charge in [-0.1, -0.05) is 29.8 Å². The lowest BCUT2D eigenvalue weighted by Crippen LogP contribution is -2.06. The summed E-state index contributed by atoms with van der Waals surface area (Å²) in [5.41, 5.74) is 2.44. The van der Waals surface area contributed by atoms with Gasteiger partial charge in [0.1, 0.15) is 6.33 Å². The van der Waals surface area contributed by atoms with Crippen molar-refractivity contribution in [2.45, 2.75) is 13.5 Å². The molecule has 1 aromatic heterocycles. The van der Waals surface area contributed by atoms with Crippen LogP contribution in [0.15, 0.2) is 30.6 Å². The van der Waals surface area contributed by atoms with Gasteiger partial charge in [-0.3, -0.25) is 0 Å². The Labute approximate surface area is 113 Å². The first-order valence-corrected chi connectivity index (χ1v) is 6.10. The highest BCUT2D eigenvalue weighted by atomic mass is 16.5. The number of anilines is 2. The van der Waals surface area contributed by atoms with Gasteiger partial charge < -0.3 is 15.4 Å². The number of methoxy groups -OCH3 is 1. The Balaban J connectivity index is 2.13. The second-order valence-corrected chi connectivity index (χ2v) is 4.19. The summed E-state index contributed by atoms with van der Waals surface area (Å²) in [7, 11) is 3.41. The Kier molecular flexibility index (Phi) is 4.18. The molecule has 0 aliphatic rings. The van der Waals surface area contributed by atoms with E-state index < -0.39 is 0 Å². The van der Waals surface area contributed by atoms with E-state index in [-0.39, 0.29) is 0 Å². The van der Waals surface area contributed by atoms with Crippen molar-refractivity contribution in [2.75, 3.05) is 24.8 Å². The molecule has 2 rings (SSSR count). The lowest BCUT2D eigenvalue weighted by molar-refractivity contribution is 0.415. The largest absolute Gasteiger partial charge is 0.490 e. The third-order valence-electron chi connectivity index (χ3n) is 2.83. The number of benzene rings is 1. The van der Waals surface area contributed by atoms with Crippen LogP contribution >= 0.6 is 0 Å². The van der Waals surface area contributed by atoms with Gasteiger partial charge in [-0.25, -0.2) is 9.97 Å². The minimum absolute atomic E-state index is 0.622. The van der Waals surface area contributed by atoms with Crippen LogP contribution in [0.1, 0.15) is 11.1 Å². The molecule has 100 valence electrons. The van der Waals surface area contributed by atoms with Crippen molar-refractivity contribution in [3.05, 3.63) is 41.7 Å². The number of aromatic nitrogens is 2. The molecule has 2 N–H and O–H groups in total. The van der Waals surface area contributed by atoms with E-state index in [0.29, 0.717) is 23.9 Å². The SMILES string of the molecule is CNc1ncnc(NCc2ccc(C)cc2)c1OC. The molecule has 0 amide bonds. The number of rotatable bonds is 5. The molecule has 0 unspecified atom stereocenters. The van der Waals surface area contributed by atoms with Gasteiger partial charge in [-0.2, -0.15) is 0 Å². The maximum atomic E-state index is 5.32. The number of hydrogen-bond acceptors (Lipinski definition) is 5. The van der Waals surface area contributed by atoms with E-state index in [0.717, 1.165) is 0 Å². The van der Waals surface area contributed by atoms with Gasteiger partial charge in [0.05, 0.1) is 7.11 Å². The van der Waals surface area contributed by atoms with E-state index in [4.69, 9.17) is 4.74 Å². The highest BCUT2D eigenvalue weighted by molar-refractivity contribution is 5.63. The molecular formula is C14H18N4O. The van der Waals surface area contributed by atoms with E-state index in [2.05, 4.69) is 51.8 Å². The Hall–Kier alpha value is -2.30. The van der Waals surface area contributed by atoms with E-state index in [1.165, 1.54) is 17.5 Å². The Bertz CT molecular complexity index is 540. The van der Waals surface area contributed by atoms with Crippen molar-refractivity contribution < 1.29 is 4.74 Å². The standard InChI is InChI=1S/C14H18N4O/c1-10-4-6-11(7-5-10)8-16-14-12(19-3)13(15-2)17-9-18-14/h4-7,9H,8H2,1-3H3,(H2,15,16,17,18). The topological polar surface area (TPSA) is 59.1 Å². The third kappa shape index (κ3) is 3.13. The summed E-state index contributed by atoms with van der Waals surface area (Å²) in [4.78, 5) is 8.31. The zero-order valence-corrected chi connectivity index (χ0v) is 11.4. The summed E-state index contributed by atoms with van der Waals surface area (Å²) in [6.07, 6.45) is 1.51.